The Morgan fingerprint density at radius 3 is 2.36 bits per heavy atom. The maximum Gasteiger partial charge on any atom is 0.490 e. The van der Waals surface area contributed by atoms with Gasteiger partial charge in [-0.25, -0.2) is 9.78 Å². The summed E-state index contributed by atoms with van der Waals surface area (Å²) in [5, 5.41) is 19.2. The van der Waals surface area contributed by atoms with Gasteiger partial charge in [-0.05, 0) is 77.5 Å². The lowest BCUT2D eigenvalue weighted by Gasteiger charge is -2.35. The Morgan fingerprint density at radius 1 is 1.04 bits per heavy atom. The molecule has 2 unspecified atom stereocenters. The van der Waals surface area contributed by atoms with Crippen LogP contribution in [0.25, 0.3) is 22.2 Å². The molecule has 280 valence electrons. The topological polar surface area (TPSA) is 157 Å². The van der Waals surface area contributed by atoms with Crippen molar-refractivity contribution in [3.8, 4) is 16.9 Å². The molecule has 0 radical (unpaired) electrons. The second kappa shape index (κ2) is 15.4. The van der Waals surface area contributed by atoms with Gasteiger partial charge in [0.2, 0.25) is 0 Å². The van der Waals surface area contributed by atoms with Crippen molar-refractivity contribution in [2.75, 3.05) is 44.3 Å². The van der Waals surface area contributed by atoms with Crippen LogP contribution in [-0.4, -0.2) is 92.6 Å². The number of aromatic nitrogens is 5. The lowest BCUT2D eigenvalue weighted by Crippen LogP contribution is -2.45. The lowest BCUT2D eigenvalue weighted by atomic mass is 9.99. The van der Waals surface area contributed by atoms with Gasteiger partial charge in [0.05, 0.1) is 58.9 Å². The standard InChI is InChI=1S/C33H36BrN8O3P.C2HF3O2/c1-41-16-21(14-38-41)24-12-29(30(44-2)11-20(24)17-42-22-5-6-23(42)19-45-18-22)40-31-13-28(25(34)15-37-31)39-27-8-7-26-32(36-10-9-35-26)33(27)46(3,4)43;3-2(4,5)1(6)7/h7-16,22-23H,5-6,17-19H2,1-4H3,(H2,37,39,40);(H,6,7). The first kappa shape index (κ1) is 38.2. The molecule has 2 fully saturated rings. The number of aliphatic carboxylic acids is 1. The van der Waals surface area contributed by atoms with Gasteiger partial charge in [-0.3, -0.25) is 19.5 Å². The van der Waals surface area contributed by atoms with Crippen molar-refractivity contribution >= 4 is 68.3 Å². The van der Waals surface area contributed by atoms with Crippen molar-refractivity contribution in [3.05, 3.63) is 71.4 Å². The number of rotatable bonds is 9. The molecule has 2 atom stereocenters. The van der Waals surface area contributed by atoms with Gasteiger partial charge in [-0.1, -0.05) is 0 Å². The third-order valence-electron chi connectivity index (χ3n) is 8.97. The minimum atomic E-state index is -5.08. The number of hydrogen-bond donors (Lipinski definition) is 3. The summed E-state index contributed by atoms with van der Waals surface area (Å²) in [6.45, 7) is 5.86. The molecule has 0 aliphatic carbocycles. The van der Waals surface area contributed by atoms with E-state index >= 15 is 0 Å². The van der Waals surface area contributed by atoms with Crippen molar-refractivity contribution in [2.45, 2.75) is 37.6 Å². The molecule has 0 spiro atoms. The van der Waals surface area contributed by atoms with Crippen molar-refractivity contribution < 1.29 is 37.1 Å². The summed E-state index contributed by atoms with van der Waals surface area (Å²) in [6.07, 6.45) is 6.18. The van der Waals surface area contributed by atoms with Crippen LogP contribution in [0.2, 0.25) is 0 Å². The largest absolute Gasteiger partial charge is 0.495 e. The van der Waals surface area contributed by atoms with Crippen LogP contribution in [-0.2, 0) is 27.7 Å². The first-order valence-corrected chi connectivity index (χ1v) is 19.8. The molecule has 2 bridgehead atoms. The number of ether oxygens (including phenoxy) is 2. The summed E-state index contributed by atoms with van der Waals surface area (Å²) in [5.41, 5.74) is 6.86. The van der Waals surface area contributed by atoms with E-state index in [4.69, 9.17) is 19.4 Å². The third kappa shape index (κ3) is 8.64. The second-order valence-electron chi connectivity index (χ2n) is 13.0. The predicted octanol–water partition coefficient (Wildman–Crippen LogP) is 6.93. The predicted molar refractivity (Wildman–Crippen MR) is 199 cm³/mol. The minimum Gasteiger partial charge on any atom is -0.495 e. The van der Waals surface area contributed by atoms with Crippen LogP contribution in [0.5, 0.6) is 5.75 Å². The normalized spacial score (nSPS) is 17.3. The van der Waals surface area contributed by atoms with Gasteiger partial charge in [0.15, 0.2) is 0 Å². The number of aryl methyl sites for hydroxylation is 1. The van der Waals surface area contributed by atoms with Crippen LogP contribution in [0.15, 0.2) is 65.8 Å². The molecule has 18 heteroatoms. The minimum absolute atomic E-state index is 0.437. The Hall–Kier alpha value is -4.57. The number of carbonyl (C=O) groups is 1. The van der Waals surface area contributed by atoms with Crippen molar-refractivity contribution in [3.63, 3.8) is 0 Å². The van der Waals surface area contributed by atoms with Crippen LogP contribution in [0.1, 0.15) is 18.4 Å². The molecular formula is C35H37BrF3N8O5P. The molecule has 3 aromatic heterocycles. The average molecular weight is 818 g/mol. The molecule has 0 saturated carbocycles. The van der Waals surface area contributed by atoms with E-state index in [9.17, 15) is 17.7 Å². The zero-order chi connectivity index (χ0) is 38.1. The van der Waals surface area contributed by atoms with Crippen LogP contribution in [0, 0.1) is 0 Å². The number of pyridine rings is 1. The van der Waals surface area contributed by atoms with E-state index in [1.807, 2.05) is 42.3 Å². The molecule has 0 amide bonds. The highest BCUT2D eigenvalue weighted by atomic mass is 79.9. The number of morpholine rings is 1. The number of nitrogens with one attached hydrogen (secondary N) is 2. The van der Waals surface area contributed by atoms with Gasteiger partial charge in [0, 0.05) is 62.1 Å². The number of benzene rings is 2. The Labute approximate surface area is 311 Å². The van der Waals surface area contributed by atoms with Crippen LogP contribution >= 0.6 is 23.1 Å². The number of carboxylic acids is 1. The van der Waals surface area contributed by atoms with E-state index in [1.165, 1.54) is 5.56 Å². The Balaban J connectivity index is 0.000000626. The molecule has 53 heavy (non-hydrogen) atoms. The number of fused-ring (bicyclic) bond motifs is 3. The van der Waals surface area contributed by atoms with Gasteiger partial charge >= 0.3 is 12.1 Å². The molecule has 13 nitrogen and oxygen atoms in total. The molecule has 2 aromatic carbocycles. The molecular weight excluding hydrogens is 780 g/mol. The fourth-order valence-corrected chi connectivity index (χ4v) is 8.28. The summed E-state index contributed by atoms with van der Waals surface area (Å²) in [5.74, 6) is -1.43. The first-order chi connectivity index (χ1) is 25.1. The molecule has 3 N–H and O–H groups in total. The number of methoxy groups -OCH3 is 1. The first-order valence-electron chi connectivity index (χ1n) is 16.4. The fourth-order valence-electron chi connectivity index (χ4n) is 6.57. The van der Waals surface area contributed by atoms with Crippen molar-refractivity contribution in [1.82, 2.24) is 29.6 Å². The number of nitrogens with zero attached hydrogens (tertiary/aromatic N) is 6. The van der Waals surface area contributed by atoms with Gasteiger partial charge in [-0.2, -0.15) is 18.3 Å². The fraction of sp³-hybridized carbons (Fsp3) is 0.343. The van der Waals surface area contributed by atoms with Crippen molar-refractivity contribution in [2.24, 2.45) is 7.05 Å². The highest BCUT2D eigenvalue weighted by Gasteiger charge is 2.39. The van der Waals surface area contributed by atoms with Gasteiger partial charge < -0.3 is 29.8 Å². The van der Waals surface area contributed by atoms with E-state index in [-0.39, 0.29) is 0 Å². The zero-order valence-electron chi connectivity index (χ0n) is 29.2. The highest BCUT2D eigenvalue weighted by molar-refractivity contribution is 9.10. The number of hydrogen-bond acceptors (Lipinski definition) is 11. The smallest absolute Gasteiger partial charge is 0.490 e. The average Bonchev–Trinajstić information content (AvgIpc) is 3.62. The summed E-state index contributed by atoms with van der Waals surface area (Å²) in [6, 6.07) is 10.8. The monoisotopic (exact) mass is 816 g/mol. The van der Waals surface area contributed by atoms with Gasteiger partial charge in [0.25, 0.3) is 0 Å². The van der Waals surface area contributed by atoms with E-state index < -0.39 is 19.3 Å². The zero-order valence-corrected chi connectivity index (χ0v) is 31.7. The number of halogens is 4. The lowest BCUT2D eigenvalue weighted by molar-refractivity contribution is -0.192. The number of alkyl halides is 3. The van der Waals surface area contributed by atoms with Gasteiger partial charge in [-0.15, -0.1) is 0 Å². The van der Waals surface area contributed by atoms with Crippen molar-refractivity contribution in [1.29, 1.82) is 0 Å². The van der Waals surface area contributed by atoms with Crippen LogP contribution < -0.4 is 20.7 Å². The highest BCUT2D eigenvalue weighted by Crippen LogP contribution is 2.42. The van der Waals surface area contributed by atoms with Gasteiger partial charge in [0.1, 0.15) is 24.2 Å². The maximum atomic E-state index is 13.5. The Morgan fingerprint density at radius 2 is 1.74 bits per heavy atom. The molecule has 5 aromatic rings. The molecule has 2 saturated heterocycles. The molecule has 7 rings (SSSR count). The van der Waals surface area contributed by atoms with E-state index in [1.54, 1.807) is 39.0 Å². The van der Waals surface area contributed by atoms with E-state index in [0.717, 1.165) is 65.3 Å². The Bertz CT molecular complexity index is 2180. The molecule has 2 aliphatic heterocycles. The van der Waals surface area contributed by atoms with E-state index in [0.29, 0.717) is 39.9 Å². The summed E-state index contributed by atoms with van der Waals surface area (Å²) < 4.78 is 59.6. The number of anilines is 4. The maximum absolute atomic E-state index is 13.5. The molecule has 5 heterocycles. The summed E-state index contributed by atoms with van der Waals surface area (Å²) in [7, 11) is 0.884. The van der Waals surface area contributed by atoms with Crippen LogP contribution in [0.4, 0.5) is 36.1 Å². The summed E-state index contributed by atoms with van der Waals surface area (Å²) in [4.78, 5) is 25.1. The number of carboxylic acid groups (broad SMARTS) is 1. The van der Waals surface area contributed by atoms with Crippen LogP contribution in [0.3, 0.4) is 0 Å². The Kier molecular flexibility index (Phi) is 11.1. The second-order valence-corrected chi connectivity index (χ2v) is 17.0. The summed E-state index contributed by atoms with van der Waals surface area (Å²) >= 11 is 3.64. The third-order valence-corrected chi connectivity index (χ3v) is 11.1. The molecule has 2 aliphatic rings. The van der Waals surface area contributed by atoms with E-state index in [2.05, 4.69) is 63.6 Å². The SMILES string of the molecule is COc1cc(CN2C3CCC2COC3)c(-c2cnn(C)c2)cc1Nc1cc(Nc2ccc3nccnc3c2P(C)(C)=O)c(Br)cn1.O=C(O)C(F)(F)F. The quantitative estimate of drug-likeness (QED) is 0.132.